The highest BCUT2D eigenvalue weighted by molar-refractivity contribution is 5.92. The lowest BCUT2D eigenvalue weighted by Gasteiger charge is -2.27. The van der Waals surface area contributed by atoms with Gasteiger partial charge in [0, 0.05) is 38.8 Å². The molecule has 0 unspecified atom stereocenters. The summed E-state index contributed by atoms with van der Waals surface area (Å²) in [6.07, 6.45) is 1.93. The number of nitrogens with one attached hydrogen (secondary N) is 2. The molecule has 0 spiro atoms. The van der Waals surface area contributed by atoms with Crippen LogP contribution in [0.2, 0.25) is 0 Å². The summed E-state index contributed by atoms with van der Waals surface area (Å²) in [7, 11) is 1.72. The van der Waals surface area contributed by atoms with Crippen LogP contribution in [0, 0.1) is 5.82 Å². The van der Waals surface area contributed by atoms with E-state index in [0.717, 1.165) is 0 Å². The van der Waals surface area contributed by atoms with Crippen LogP contribution in [0.3, 0.4) is 0 Å². The smallest absolute Gasteiger partial charge is 0.272 e. The fourth-order valence-electron chi connectivity index (χ4n) is 3.45. The molecule has 9 nitrogen and oxygen atoms in total. The predicted octanol–water partition coefficient (Wildman–Crippen LogP) is 1.19. The number of rotatable bonds is 6. The molecular formula is C21H23FN6O3. The summed E-state index contributed by atoms with van der Waals surface area (Å²) in [6.45, 7) is 2.38. The van der Waals surface area contributed by atoms with Gasteiger partial charge in [-0.3, -0.25) is 19.3 Å². The summed E-state index contributed by atoms with van der Waals surface area (Å²) in [6, 6.07) is 8.37. The monoisotopic (exact) mass is 426 g/mol. The van der Waals surface area contributed by atoms with Gasteiger partial charge in [0.25, 0.3) is 11.5 Å². The summed E-state index contributed by atoms with van der Waals surface area (Å²) in [5.74, 6) is -0.268. The molecule has 0 bridgehead atoms. The first kappa shape index (κ1) is 20.7. The van der Waals surface area contributed by atoms with Crippen molar-refractivity contribution in [3.8, 4) is 0 Å². The summed E-state index contributed by atoms with van der Waals surface area (Å²) >= 11 is 0. The van der Waals surface area contributed by atoms with Crippen LogP contribution < -0.4 is 15.8 Å². The number of aryl methyl sites for hydroxylation is 1. The number of carbonyl (C=O) groups excluding carboxylic acids is 1. The van der Waals surface area contributed by atoms with Crippen molar-refractivity contribution < 1.29 is 13.9 Å². The van der Waals surface area contributed by atoms with E-state index in [-0.39, 0.29) is 29.4 Å². The molecule has 1 amide bonds. The van der Waals surface area contributed by atoms with Gasteiger partial charge in [-0.15, -0.1) is 0 Å². The maximum Gasteiger partial charge on any atom is 0.272 e. The third-order valence-electron chi connectivity index (χ3n) is 5.03. The van der Waals surface area contributed by atoms with Gasteiger partial charge in [0.2, 0.25) is 5.95 Å². The lowest BCUT2D eigenvalue weighted by Crippen LogP contribution is -2.38. The molecule has 4 rings (SSSR count). The van der Waals surface area contributed by atoms with Gasteiger partial charge in [-0.2, -0.15) is 5.10 Å². The number of benzene rings is 1. The molecule has 1 fully saturated rings. The van der Waals surface area contributed by atoms with E-state index >= 15 is 0 Å². The Morgan fingerprint density at radius 2 is 2.00 bits per heavy atom. The van der Waals surface area contributed by atoms with E-state index in [2.05, 4.69) is 20.4 Å². The highest BCUT2D eigenvalue weighted by Gasteiger charge is 2.21. The largest absolute Gasteiger partial charge is 0.378 e. The lowest BCUT2D eigenvalue weighted by molar-refractivity contribution is 0.0930. The Labute approximate surface area is 177 Å². The average molecular weight is 426 g/mol. The van der Waals surface area contributed by atoms with Gasteiger partial charge in [-0.05, 0) is 23.8 Å². The van der Waals surface area contributed by atoms with E-state index in [4.69, 9.17) is 4.74 Å². The molecule has 1 aliphatic heterocycles. The van der Waals surface area contributed by atoms with Crippen molar-refractivity contribution in [3.05, 3.63) is 75.7 Å². The van der Waals surface area contributed by atoms with Crippen molar-refractivity contribution in [1.29, 1.82) is 0 Å². The molecule has 0 radical (unpaired) electrons. The number of anilines is 1. The minimum Gasteiger partial charge on any atom is -0.378 e. The summed E-state index contributed by atoms with van der Waals surface area (Å²) < 4.78 is 20.3. The third kappa shape index (κ3) is 5.15. The zero-order valence-electron chi connectivity index (χ0n) is 17.0. The zero-order chi connectivity index (χ0) is 21.8. The number of amides is 1. The molecule has 10 heteroatoms. The standard InChI is InChI=1S/C21H23FN6O3/c1-27-7-6-17(26-27)20(30)24-18(14-2-4-15(22)5-3-14)12-16-13-19(29)25-21(23-16)28-8-10-31-11-9-28/h2-7,13,18H,8-12H2,1H3,(H,24,30)(H,23,25,29)/t18-/m0/s1. The number of halogens is 1. The van der Waals surface area contributed by atoms with Gasteiger partial charge in [-0.1, -0.05) is 12.1 Å². The number of hydrogen-bond acceptors (Lipinski definition) is 6. The fourth-order valence-corrected chi connectivity index (χ4v) is 3.45. The second-order valence-corrected chi connectivity index (χ2v) is 7.32. The van der Waals surface area contributed by atoms with E-state index < -0.39 is 6.04 Å². The molecule has 1 atom stereocenters. The maximum atomic E-state index is 13.4. The van der Waals surface area contributed by atoms with Crippen LogP contribution in [0.15, 0.2) is 47.4 Å². The van der Waals surface area contributed by atoms with Crippen molar-refractivity contribution in [2.45, 2.75) is 12.5 Å². The van der Waals surface area contributed by atoms with Crippen molar-refractivity contribution in [3.63, 3.8) is 0 Å². The number of H-pyrrole nitrogens is 1. The average Bonchev–Trinajstić information content (AvgIpc) is 3.20. The first-order chi connectivity index (χ1) is 15.0. The number of aromatic nitrogens is 4. The SMILES string of the molecule is Cn1ccc(C(=O)N[C@@H](Cc2cc(=O)[nH]c(N3CCOCC3)n2)c2ccc(F)cc2)n1. The third-order valence-corrected chi connectivity index (χ3v) is 5.03. The second kappa shape index (κ2) is 9.09. The van der Waals surface area contributed by atoms with Crippen LogP contribution in [-0.4, -0.2) is 52.0 Å². The highest BCUT2D eigenvalue weighted by atomic mass is 19.1. The second-order valence-electron chi connectivity index (χ2n) is 7.32. The van der Waals surface area contributed by atoms with Crippen molar-refractivity contribution in [2.75, 3.05) is 31.2 Å². The summed E-state index contributed by atoms with van der Waals surface area (Å²) in [5, 5.41) is 7.05. The molecule has 162 valence electrons. The molecule has 2 aromatic heterocycles. The van der Waals surface area contributed by atoms with E-state index in [1.807, 2.05) is 4.90 Å². The van der Waals surface area contributed by atoms with Gasteiger partial charge in [0.15, 0.2) is 0 Å². The molecule has 1 aliphatic rings. The van der Waals surface area contributed by atoms with Crippen LogP contribution >= 0.6 is 0 Å². The Morgan fingerprint density at radius 3 is 2.68 bits per heavy atom. The van der Waals surface area contributed by atoms with Crippen LogP contribution in [0.25, 0.3) is 0 Å². The molecular weight excluding hydrogens is 403 g/mol. The number of hydrogen-bond donors (Lipinski definition) is 2. The van der Waals surface area contributed by atoms with Gasteiger partial charge >= 0.3 is 0 Å². The van der Waals surface area contributed by atoms with Crippen LogP contribution in [-0.2, 0) is 18.2 Å². The Kier molecular flexibility index (Phi) is 6.08. The molecule has 0 aliphatic carbocycles. The minimum absolute atomic E-state index is 0.255. The molecule has 3 heterocycles. The van der Waals surface area contributed by atoms with Gasteiger partial charge in [0.05, 0.1) is 24.9 Å². The zero-order valence-corrected chi connectivity index (χ0v) is 17.0. The normalized spacial score (nSPS) is 15.0. The maximum absolute atomic E-state index is 13.4. The highest BCUT2D eigenvalue weighted by Crippen LogP contribution is 2.20. The Bertz CT molecular complexity index is 1100. The Morgan fingerprint density at radius 1 is 1.26 bits per heavy atom. The minimum atomic E-state index is -0.526. The first-order valence-electron chi connectivity index (χ1n) is 9.97. The van der Waals surface area contributed by atoms with Crippen LogP contribution in [0.5, 0.6) is 0 Å². The van der Waals surface area contributed by atoms with Gasteiger partial charge in [-0.25, -0.2) is 9.37 Å². The predicted molar refractivity (Wildman–Crippen MR) is 111 cm³/mol. The molecule has 3 aromatic rings. The van der Waals surface area contributed by atoms with E-state index in [1.54, 1.807) is 31.4 Å². The topological polar surface area (TPSA) is 105 Å². The summed E-state index contributed by atoms with van der Waals surface area (Å²) in [4.78, 5) is 34.3. The van der Waals surface area contributed by atoms with E-state index in [9.17, 15) is 14.0 Å². The molecule has 0 saturated carbocycles. The fraction of sp³-hybridized carbons (Fsp3) is 0.333. The van der Waals surface area contributed by atoms with Gasteiger partial charge in [0.1, 0.15) is 11.5 Å². The number of ether oxygens (including phenoxy) is 1. The Hall–Kier alpha value is -3.53. The molecule has 1 saturated heterocycles. The quantitative estimate of drug-likeness (QED) is 0.614. The molecule has 31 heavy (non-hydrogen) atoms. The lowest BCUT2D eigenvalue weighted by atomic mass is 10.0. The van der Waals surface area contributed by atoms with E-state index in [0.29, 0.717) is 43.5 Å². The molecule has 2 N–H and O–H groups in total. The number of aromatic amines is 1. The van der Waals surface area contributed by atoms with Gasteiger partial charge < -0.3 is 15.0 Å². The number of carbonyl (C=O) groups is 1. The van der Waals surface area contributed by atoms with Crippen molar-refractivity contribution in [2.24, 2.45) is 7.05 Å². The Balaban J connectivity index is 1.61. The van der Waals surface area contributed by atoms with E-state index in [1.165, 1.54) is 22.9 Å². The number of morpholine rings is 1. The van der Waals surface area contributed by atoms with Crippen molar-refractivity contribution in [1.82, 2.24) is 25.1 Å². The molecule has 1 aromatic carbocycles. The first-order valence-corrected chi connectivity index (χ1v) is 9.97. The number of nitrogens with zero attached hydrogens (tertiary/aromatic N) is 4. The van der Waals surface area contributed by atoms with Crippen LogP contribution in [0.4, 0.5) is 10.3 Å². The van der Waals surface area contributed by atoms with Crippen LogP contribution in [0.1, 0.15) is 27.8 Å². The van der Waals surface area contributed by atoms with Crippen molar-refractivity contribution >= 4 is 11.9 Å². The summed E-state index contributed by atoms with van der Waals surface area (Å²) in [5.41, 5.74) is 1.20.